The van der Waals surface area contributed by atoms with E-state index < -0.39 is 17.6 Å². The molecule has 3 aliphatic rings. The zero-order chi connectivity index (χ0) is 18.0. The van der Waals surface area contributed by atoms with Gasteiger partial charge in [-0.15, -0.1) is 0 Å². The van der Waals surface area contributed by atoms with E-state index in [1.165, 1.54) is 6.42 Å². The number of amides is 2. The second-order valence-corrected chi connectivity index (χ2v) is 6.75. The number of carbonyl (C=O) groups excluding carboxylic acids is 2. The molecule has 1 saturated heterocycles. The molecule has 0 unspecified atom stereocenters. The summed E-state index contributed by atoms with van der Waals surface area (Å²) in [6, 6.07) is 4.96. The third-order valence-electron chi connectivity index (χ3n) is 4.86. The Morgan fingerprint density at radius 2 is 1.88 bits per heavy atom. The number of rotatable bonds is 3. The highest BCUT2D eigenvalue weighted by Crippen LogP contribution is 2.37. The van der Waals surface area contributed by atoms with E-state index in [1.807, 2.05) is 0 Å². The van der Waals surface area contributed by atoms with Crippen molar-refractivity contribution in [3.05, 3.63) is 18.2 Å². The molecule has 1 aliphatic carbocycles. The lowest BCUT2D eigenvalue weighted by Crippen LogP contribution is -2.41. The van der Waals surface area contributed by atoms with Gasteiger partial charge in [-0.2, -0.15) is 0 Å². The van der Waals surface area contributed by atoms with Crippen LogP contribution in [0.4, 0.5) is 5.69 Å². The van der Waals surface area contributed by atoms with E-state index in [4.69, 9.17) is 18.9 Å². The summed E-state index contributed by atoms with van der Waals surface area (Å²) >= 11 is 0. The Morgan fingerprint density at radius 3 is 2.73 bits per heavy atom. The quantitative estimate of drug-likeness (QED) is 0.792. The largest absolute Gasteiger partial charge is 0.454 e. The van der Waals surface area contributed by atoms with E-state index in [9.17, 15) is 9.59 Å². The highest BCUT2D eigenvalue weighted by Gasteiger charge is 2.42. The maximum absolute atomic E-state index is 12.0. The summed E-state index contributed by atoms with van der Waals surface area (Å²) in [5.74, 6) is -0.784. The van der Waals surface area contributed by atoms with Gasteiger partial charge in [-0.3, -0.25) is 9.59 Å². The van der Waals surface area contributed by atoms with Gasteiger partial charge in [-0.1, -0.05) is 6.42 Å². The molecule has 2 aliphatic heterocycles. The first-order valence-corrected chi connectivity index (χ1v) is 8.94. The lowest BCUT2D eigenvalue weighted by molar-refractivity contribution is -0.186. The molecule has 1 atom stereocenters. The van der Waals surface area contributed by atoms with Crippen molar-refractivity contribution in [3.63, 3.8) is 0 Å². The molecule has 8 nitrogen and oxygen atoms in total. The Bertz CT molecular complexity index is 701. The van der Waals surface area contributed by atoms with Crippen LogP contribution in [-0.2, 0) is 19.1 Å². The molecule has 8 heteroatoms. The molecule has 2 fully saturated rings. The minimum atomic E-state index is -0.741. The molecule has 140 valence electrons. The number of benzene rings is 1. The average Bonchev–Trinajstić information content (AvgIpc) is 3.27. The minimum Gasteiger partial charge on any atom is -0.454 e. The van der Waals surface area contributed by atoms with Crippen molar-refractivity contribution in [2.75, 3.05) is 25.3 Å². The van der Waals surface area contributed by atoms with E-state index >= 15 is 0 Å². The van der Waals surface area contributed by atoms with Crippen LogP contribution >= 0.6 is 0 Å². The molecule has 2 heterocycles. The van der Waals surface area contributed by atoms with Gasteiger partial charge >= 0.3 is 11.8 Å². The van der Waals surface area contributed by atoms with Gasteiger partial charge in [0.1, 0.15) is 6.10 Å². The number of anilines is 1. The van der Waals surface area contributed by atoms with Gasteiger partial charge in [0.15, 0.2) is 17.3 Å². The van der Waals surface area contributed by atoms with Crippen LogP contribution in [0.2, 0.25) is 0 Å². The first kappa shape index (κ1) is 17.1. The monoisotopic (exact) mass is 362 g/mol. The van der Waals surface area contributed by atoms with Gasteiger partial charge in [-0.25, -0.2) is 0 Å². The molecule has 4 rings (SSSR count). The van der Waals surface area contributed by atoms with E-state index in [0.29, 0.717) is 23.8 Å². The zero-order valence-corrected chi connectivity index (χ0v) is 14.4. The topological polar surface area (TPSA) is 95.1 Å². The highest BCUT2D eigenvalue weighted by atomic mass is 16.7. The van der Waals surface area contributed by atoms with E-state index in [-0.39, 0.29) is 19.4 Å². The van der Waals surface area contributed by atoms with Gasteiger partial charge in [0.25, 0.3) is 0 Å². The van der Waals surface area contributed by atoms with E-state index in [2.05, 4.69) is 10.6 Å². The standard InChI is InChI=1S/C18H22N2O6/c21-16(17(22)20-12-4-5-14-15(8-12)24-11-23-14)19-9-13-10-25-18(26-13)6-2-1-3-7-18/h4-5,8,13H,1-3,6-7,9-11H2,(H,19,21)(H,20,22)/t13-/m0/s1. The first-order valence-electron chi connectivity index (χ1n) is 8.94. The first-order chi connectivity index (χ1) is 12.6. The summed E-state index contributed by atoms with van der Waals surface area (Å²) < 4.78 is 22.3. The maximum atomic E-state index is 12.0. The lowest BCUT2D eigenvalue weighted by Gasteiger charge is -2.31. The predicted octanol–water partition coefficient (Wildman–Crippen LogP) is 1.55. The second-order valence-electron chi connectivity index (χ2n) is 6.75. The van der Waals surface area contributed by atoms with Crippen molar-refractivity contribution in [3.8, 4) is 11.5 Å². The van der Waals surface area contributed by atoms with Crippen molar-refractivity contribution in [2.45, 2.75) is 44.0 Å². The lowest BCUT2D eigenvalue weighted by atomic mass is 9.94. The number of hydrogen-bond acceptors (Lipinski definition) is 6. The van der Waals surface area contributed by atoms with Crippen LogP contribution in [0.15, 0.2) is 18.2 Å². The zero-order valence-electron chi connectivity index (χ0n) is 14.4. The number of carbonyl (C=O) groups is 2. The van der Waals surface area contributed by atoms with Crippen molar-refractivity contribution in [1.29, 1.82) is 0 Å². The predicted molar refractivity (Wildman–Crippen MR) is 90.8 cm³/mol. The fourth-order valence-corrected chi connectivity index (χ4v) is 3.52. The molecule has 0 radical (unpaired) electrons. The van der Waals surface area contributed by atoms with Gasteiger partial charge < -0.3 is 29.6 Å². The van der Waals surface area contributed by atoms with Gasteiger partial charge in [0, 0.05) is 31.1 Å². The summed E-state index contributed by atoms with van der Waals surface area (Å²) in [7, 11) is 0. The van der Waals surface area contributed by atoms with Crippen LogP contribution in [0.1, 0.15) is 32.1 Å². The van der Waals surface area contributed by atoms with Crippen LogP contribution in [0.5, 0.6) is 11.5 Å². The Balaban J connectivity index is 1.25. The average molecular weight is 362 g/mol. The minimum absolute atomic E-state index is 0.151. The molecular formula is C18H22N2O6. The summed E-state index contributed by atoms with van der Waals surface area (Å²) in [4.78, 5) is 24.1. The van der Waals surface area contributed by atoms with Crippen LogP contribution < -0.4 is 20.1 Å². The van der Waals surface area contributed by atoms with E-state index in [1.54, 1.807) is 18.2 Å². The molecule has 26 heavy (non-hydrogen) atoms. The maximum Gasteiger partial charge on any atom is 0.313 e. The molecule has 1 aromatic rings. The SMILES string of the molecule is O=C(NC[C@H]1COC2(CCCCC2)O1)C(=O)Nc1ccc2c(c1)OCO2. The molecule has 1 aromatic carbocycles. The van der Waals surface area contributed by atoms with Crippen molar-refractivity contribution in [1.82, 2.24) is 5.32 Å². The summed E-state index contributed by atoms with van der Waals surface area (Å²) in [5.41, 5.74) is 0.469. The normalized spacial score (nSPS) is 23.0. The van der Waals surface area contributed by atoms with Crippen LogP contribution in [-0.4, -0.2) is 43.7 Å². The Morgan fingerprint density at radius 1 is 1.08 bits per heavy atom. The Kier molecular flexibility index (Phi) is 4.69. The Labute approximate surface area is 151 Å². The number of fused-ring (bicyclic) bond motifs is 1. The summed E-state index contributed by atoms with van der Waals surface area (Å²) in [6.07, 6.45) is 4.95. The smallest absolute Gasteiger partial charge is 0.313 e. The Hall–Kier alpha value is -2.32. The van der Waals surface area contributed by atoms with E-state index in [0.717, 1.165) is 25.7 Å². The van der Waals surface area contributed by atoms with Gasteiger partial charge in [-0.05, 0) is 25.0 Å². The van der Waals surface area contributed by atoms with Gasteiger partial charge in [0.2, 0.25) is 6.79 Å². The summed E-state index contributed by atoms with van der Waals surface area (Å²) in [6.45, 7) is 0.831. The molecule has 2 amide bonds. The highest BCUT2D eigenvalue weighted by molar-refractivity contribution is 6.39. The number of ether oxygens (including phenoxy) is 4. The van der Waals surface area contributed by atoms with Crippen molar-refractivity contribution >= 4 is 17.5 Å². The van der Waals surface area contributed by atoms with Crippen molar-refractivity contribution in [2.24, 2.45) is 0 Å². The molecule has 1 saturated carbocycles. The molecule has 0 bridgehead atoms. The number of hydrogen-bond donors (Lipinski definition) is 2. The molecule has 2 N–H and O–H groups in total. The van der Waals surface area contributed by atoms with Crippen LogP contribution in [0, 0.1) is 0 Å². The number of nitrogens with one attached hydrogen (secondary N) is 2. The molecule has 1 spiro atoms. The third-order valence-corrected chi connectivity index (χ3v) is 4.86. The fraction of sp³-hybridized carbons (Fsp3) is 0.556. The molecular weight excluding hydrogens is 340 g/mol. The summed E-state index contributed by atoms with van der Waals surface area (Å²) in [5, 5.41) is 5.15. The third kappa shape index (κ3) is 3.61. The second kappa shape index (κ2) is 7.13. The van der Waals surface area contributed by atoms with Crippen LogP contribution in [0.25, 0.3) is 0 Å². The molecule has 0 aromatic heterocycles. The van der Waals surface area contributed by atoms with Gasteiger partial charge in [0.05, 0.1) is 6.61 Å². The fourth-order valence-electron chi connectivity index (χ4n) is 3.52. The van der Waals surface area contributed by atoms with Crippen molar-refractivity contribution < 1.29 is 28.5 Å². The van der Waals surface area contributed by atoms with Crippen LogP contribution in [0.3, 0.4) is 0 Å².